The summed E-state index contributed by atoms with van der Waals surface area (Å²) in [7, 11) is -9.56. The summed E-state index contributed by atoms with van der Waals surface area (Å²) >= 11 is 0. The average Bonchev–Trinajstić information content (AvgIpc) is 2.87. The number of nitro benzene ring substituents is 1. The molecule has 0 aliphatic carbocycles. The van der Waals surface area contributed by atoms with Crippen LogP contribution in [0.4, 0.5) is 28.4 Å². The number of fused-ring (bicyclic) bond motifs is 1. The van der Waals surface area contributed by atoms with Gasteiger partial charge in [-0.25, -0.2) is 0 Å². The van der Waals surface area contributed by atoms with Gasteiger partial charge in [0.25, 0.3) is 31.8 Å². The van der Waals surface area contributed by atoms with E-state index in [0.717, 1.165) is 36.4 Å². The quantitative estimate of drug-likeness (QED) is 0.0673. The van der Waals surface area contributed by atoms with E-state index in [1.165, 1.54) is 30.3 Å². The van der Waals surface area contributed by atoms with Crippen LogP contribution < -0.4 is 11.1 Å². The standard InChI is InChI=1S/C23H17N5O10S2/c24-17-7-3-13-9-16(39(33,34)35)11-19(29)21(13)22(17)27-26-18-8-4-14(10-20(18)40(36,37)38)25-23(30)12-1-5-15(6-2-12)28(31)32/h1-11,29H,24H2,(H,25,30)(H,33,34,35)(H,36,37,38). The number of nitrogens with two attached hydrogens (primary N) is 1. The molecule has 40 heavy (non-hydrogen) atoms. The number of anilines is 2. The number of azo groups is 1. The minimum atomic E-state index is -4.91. The highest BCUT2D eigenvalue weighted by Crippen LogP contribution is 2.41. The summed E-state index contributed by atoms with van der Waals surface area (Å²) in [5, 5.41) is 31.4. The van der Waals surface area contributed by atoms with Gasteiger partial charge in [-0.15, -0.1) is 10.2 Å². The zero-order valence-electron chi connectivity index (χ0n) is 19.8. The molecule has 0 radical (unpaired) electrons. The number of nitrogens with one attached hydrogen (secondary N) is 1. The summed E-state index contributed by atoms with van der Waals surface area (Å²) in [5.74, 6) is -1.35. The van der Waals surface area contributed by atoms with E-state index in [2.05, 4.69) is 15.5 Å². The van der Waals surface area contributed by atoms with Gasteiger partial charge in [0, 0.05) is 29.4 Å². The van der Waals surface area contributed by atoms with E-state index in [1.807, 2.05) is 0 Å². The number of nitro groups is 1. The van der Waals surface area contributed by atoms with Gasteiger partial charge in [-0.2, -0.15) is 16.8 Å². The van der Waals surface area contributed by atoms with Crippen molar-refractivity contribution in [3.8, 4) is 5.75 Å². The first-order valence-electron chi connectivity index (χ1n) is 10.8. The number of carbonyl (C=O) groups excluding carboxylic acids is 1. The van der Waals surface area contributed by atoms with Gasteiger partial charge < -0.3 is 16.2 Å². The number of rotatable bonds is 7. The Hall–Kier alpha value is -4.97. The topological polar surface area (TPSA) is 252 Å². The summed E-state index contributed by atoms with van der Waals surface area (Å²) < 4.78 is 66.1. The fourth-order valence-corrected chi connectivity index (χ4v) is 4.78. The molecule has 0 aliphatic heterocycles. The highest BCUT2D eigenvalue weighted by Gasteiger charge is 2.20. The number of aromatic hydroxyl groups is 1. The minimum absolute atomic E-state index is 0.0335. The number of nitrogens with zero attached hydrogens (tertiary/aromatic N) is 3. The zero-order valence-corrected chi connectivity index (χ0v) is 21.4. The molecule has 0 atom stereocenters. The molecular formula is C23H17N5O10S2. The summed E-state index contributed by atoms with van der Waals surface area (Å²) in [5.41, 5.74) is 5.07. The molecular weight excluding hydrogens is 570 g/mol. The van der Waals surface area contributed by atoms with Crippen LogP contribution in [0.25, 0.3) is 10.8 Å². The van der Waals surface area contributed by atoms with E-state index in [1.54, 1.807) is 0 Å². The lowest BCUT2D eigenvalue weighted by molar-refractivity contribution is -0.384. The maximum absolute atomic E-state index is 12.5. The van der Waals surface area contributed by atoms with Crippen LogP contribution in [-0.2, 0) is 20.2 Å². The monoisotopic (exact) mass is 587 g/mol. The first-order valence-corrected chi connectivity index (χ1v) is 13.6. The number of benzene rings is 4. The molecule has 4 aromatic rings. The van der Waals surface area contributed by atoms with Crippen LogP contribution in [0.15, 0.2) is 86.7 Å². The van der Waals surface area contributed by atoms with E-state index < -0.39 is 46.6 Å². The number of carbonyl (C=O) groups is 1. The van der Waals surface area contributed by atoms with Crippen molar-refractivity contribution in [3.63, 3.8) is 0 Å². The second kappa shape index (κ2) is 10.3. The molecule has 0 bridgehead atoms. The zero-order chi connectivity index (χ0) is 29.4. The number of hydrogen-bond donors (Lipinski definition) is 5. The highest BCUT2D eigenvalue weighted by atomic mass is 32.2. The molecule has 15 nitrogen and oxygen atoms in total. The Morgan fingerprint density at radius 1 is 0.900 bits per heavy atom. The number of phenols is 1. The number of amides is 1. The van der Waals surface area contributed by atoms with Crippen molar-refractivity contribution in [2.75, 3.05) is 11.1 Å². The molecule has 0 saturated carbocycles. The van der Waals surface area contributed by atoms with Gasteiger partial charge in [0.1, 0.15) is 22.0 Å². The van der Waals surface area contributed by atoms with Gasteiger partial charge in [0.2, 0.25) is 0 Å². The molecule has 0 aromatic heterocycles. The SMILES string of the molecule is Nc1ccc2cc(S(=O)(=O)O)cc(O)c2c1N=Nc1ccc(NC(=O)c2ccc([N+](=O)[O-])cc2)cc1S(=O)(=O)O. The predicted molar refractivity (Wildman–Crippen MR) is 141 cm³/mol. The van der Waals surface area contributed by atoms with Crippen LogP contribution >= 0.6 is 0 Å². The van der Waals surface area contributed by atoms with Crippen molar-refractivity contribution in [1.29, 1.82) is 0 Å². The molecule has 0 heterocycles. The second-order valence-corrected chi connectivity index (χ2v) is 10.9. The molecule has 17 heteroatoms. The molecule has 1 amide bonds. The lowest BCUT2D eigenvalue weighted by Crippen LogP contribution is -2.12. The van der Waals surface area contributed by atoms with Gasteiger partial charge in [-0.05, 0) is 47.9 Å². The van der Waals surface area contributed by atoms with Gasteiger partial charge in [-0.3, -0.25) is 24.0 Å². The van der Waals surface area contributed by atoms with E-state index in [4.69, 9.17) is 5.73 Å². The Morgan fingerprint density at radius 3 is 2.17 bits per heavy atom. The number of non-ortho nitro benzene ring substituents is 1. The smallest absolute Gasteiger partial charge is 0.296 e. The summed E-state index contributed by atoms with van der Waals surface area (Å²) in [6.45, 7) is 0. The summed E-state index contributed by atoms with van der Waals surface area (Å²) in [6, 6.07) is 12.3. The summed E-state index contributed by atoms with van der Waals surface area (Å²) in [4.78, 5) is 21.3. The van der Waals surface area contributed by atoms with Crippen molar-refractivity contribution >= 4 is 65.4 Å². The van der Waals surface area contributed by atoms with Crippen molar-refractivity contribution < 1.29 is 40.8 Å². The Balaban J connectivity index is 1.72. The third kappa shape index (κ3) is 5.86. The van der Waals surface area contributed by atoms with E-state index in [0.29, 0.717) is 0 Å². The Bertz CT molecular complexity index is 1940. The maximum atomic E-state index is 12.5. The van der Waals surface area contributed by atoms with E-state index >= 15 is 0 Å². The van der Waals surface area contributed by atoms with E-state index in [-0.39, 0.29) is 44.8 Å². The summed E-state index contributed by atoms with van der Waals surface area (Å²) in [6.07, 6.45) is 0. The molecule has 0 fully saturated rings. The third-order valence-electron chi connectivity index (χ3n) is 5.47. The van der Waals surface area contributed by atoms with Crippen molar-refractivity contribution in [3.05, 3.63) is 82.4 Å². The van der Waals surface area contributed by atoms with Gasteiger partial charge in [0.15, 0.2) is 0 Å². The first kappa shape index (κ1) is 28.0. The molecule has 0 spiro atoms. The van der Waals surface area contributed by atoms with Gasteiger partial charge >= 0.3 is 0 Å². The van der Waals surface area contributed by atoms with Crippen LogP contribution in [0.3, 0.4) is 0 Å². The predicted octanol–water partition coefficient (Wildman–Crippen LogP) is 4.20. The first-order chi connectivity index (χ1) is 18.6. The molecule has 0 unspecified atom stereocenters. The third-order valence-corrected chi connectivity index (χ3v) is 7.18. The van der Waals surface area contributed by atoms with Gasteiger partial charge in [0.05, 0.1) is 20.9 Å². The van der Waals surface area contributed by atoms with Crippen LogP contribution in [0.1, 0.15) is 10.4 Å². The Kier molecular flexibility index (Phi) is 7.22. The van der Waals surface area contributed by atoms with Crippen LogP contribution in [0, 0.1) is 10.1 Å². The molecule has 6 N–H and O–H groups in total. The number of phenolic OH excluding ortho intramolecular Hbond substituents is 1. The van der Waals surface area contributed by atoms with E-state index in [9.17, 15) is 46.0 Å². The number of nitrogen functional groups attached to an aromatic ring is 1. The molecule has 0 saturated heterocycles. The normalized spacial score (nSPS) is 12.1. The van der Waals surface area contributed by atoms with Crippen molar-refractivity contribution in [2.45, 2.75) is 9.79 Å². The molecule has 206 valence electrons. The fraction of sp³-hybridized carbons (Fsp3) is 0. The maximum Gasteiger partial charge on any atom is 0.296 e. The van der Waals surface area contributed by atoms with Crippen LogP contribution in [0.5, 0.6) is 5.75 Å². The van der Waals surface area contributed by atoms with Crippen molar-refractivity contribution in [1.82, 2.24) is 0 Å². The van der Waals surface area contributed by atoms with Crippen LogP contribution in [0.2, 0.25) is 0 Å². The van der Waals surface area contributed by atoms with Crippen LogP contribution in [-0.4, -0.2) is 41.9 Å². The Labute approximate surface area is 225 Å². The molecule has 4 rings (SSSR count). The number of hydrogen-bond acceptors (Lipinski definition) is 11. The highest BCUT2D eigenvalue weighted by molar-refractivity contribution is 7.86. The van der Waals surface area contributed by atoms with Crippen molar-refractivity contribution in [2.24, 2.45) is 10.2 Å². The van der Waals surface area contributed by atoms with Gasteiger partial charge in [-0.1, -0.05) is 6.07 Å². The average molecular weight is 588 g/mol. The largest absolute Gasteiger partial charge is 0.507 e. The molecule has 0 aliphatic rings. The molecule has 4 aromatic carbocycles. The lowest BCUT2D eigenvalue weighted by Gasteiger charge is -2.10. The minimum Gasteiger partial charge on any atom is -0.507 e. The Morgan fingerprint density at radius 2 is 1.57 bits per heavy atom. The second-order valence-electron chi connectivity index (χ2n) is 8.13. The lowest BCUT2D eigenvalue weighted by atomic mass is 10.1. The fourth-order valence-electron chi connectivity index (χ4n) is 3.59.